The van der Waals surface area contributed by atoms with E-state index < -0.39 is 0 Å². The summed E-state index contributed by atoms with van der Waals surface area (Å²) >= 11 is 0. The molecule has 29 heavy (non-hydrogen) atoms. The first-order valence-electron chi connectivity index (χ1n) is 10.9. The lowest BCUT2D eigenvalue weighted by molar-refractivity contribution is 0.190. The second-order valence-corrected chi connectivity index (χ2v) is 10.1. The molecular formula is C27H33FO. The van der Waals surface area contributed by atoms with Crippen molar-refractivity contribution < 1.29 is 9.13 Å². The van der Waals surface area contributed by atoms with Gasteiger partial charge in [-0.3, -0.25) is 0 Å². The average molecular weight is 393 g/mol. The van der Waals surface area contributed by atoms with E-state index in [0.717, 1.165) is 12.0 Å². The van der Waals surface area contributed by atoms with Crippen molar-refractivity contribution in [2.24, 2.45) is 22.7 Å². The smallest absolute Gasteiger partial charge is 0.131 e. The third-order valence-electron chi connectivity index (χ3n) is 7.75. The van der Waals surface area contributed by atoms with Crippen LogP contribution in [0.5, 0.6) is 5.75 Å². The molecule has 1 saturated carbocycles. The van der Waals surface area contributed by atoms with E-state index in [4.69, 9.17) is 4.74 Å². The van der Waals surface area contributed by atoms with Crippen LogP contribution in [0.1, 0.15) is 58.6 Å². The Morgan fingerprint density at radius 1 is 1.03 bits per heavy atom. The maximum atomic E-state index is 14.9. The van der Waals surface area contributed by atoms with Crippen molar-refractivity contribution in [3.63, 3.8) is 0 Å². The SMILES string of the molecule is COc1ccc(F)c(-c2ccc(CC(C)C)cc2C2=CC3CCC2(C)C3(C)C)c1. The Hall–Kier alpha value is -2.09. The zero-order chi connectivity index (χ0) is 21.0. The molecule has 1 fully saturated rings. The molecule has 2 aliphatic rings. The highest BCUT2D eigenvalue weighted by Crippen LogP contribution is 2.68. The summed E-state index contributed by atoms with van der Waals surface area (Å²) in [5.41, 5.74) is 5.89. The van der Waals surface area contributed by atoms with Crippen LogP contribution in [-0.4, -0.2) is 7.11 Å². The lowest BCUT2D eigenvalue weighted by atomic mass is 9.65. The zero-order valence-corrected chi connectivity index (χ0v) is 18.6. The van der Waals surface area contributed by atoms with E-state index in [-0.39, 0.29) is 16.6 Å². The maximum Gasteiger partial charge on any atom is 0.131 e. The van der Waals surface area contributed by atoms with E-state index in [1.54, 1.807) is 13.2 Å². The first kappa shape index (κ1) is 20.2. The van der Waals surface area contributed by atoms with Crippen molar-refractivity contribution in [1.29, 1.82) is 0 Å². The Bertz CT molecular complexity index is 968. The monoisotopic (exact) mass is 392 g/mol. The minimum atomic E-state index is -0.197. The Morgan fingerprint density at radius 2 is 1.79 bits per heavy atom. The zero-order valence-electron chi connectivity index (χ0n) is 18.6. The van der Waals surface area contributed by atoms with Crippen LogP contribution in [0.15, 0.2) is 42.5 Å². The first-order valence-corrected chi connectivity index (χ1v) is 10.9. The van der Waals surface area contributed by atoms with Crippen LogP contribution in [0.2, 0.25) is 0 Å². The molecule has 0 aromatic heterocycles. The van der Waals surface area contributed by atoms with Crippen molar-refractivity contribution in [3.05, 3.63) is 59.4 Å². The van der Waals surface area contributed by atoms with Crippen molar-refractivity contribution in [3.8, 4) is 16.9 Å². The number of fused-ring (bicyclic) bond motifs is 2. The van der Waals surface area contributed by atoms with Gasteiger partial charge in [-0.1, -0.05) is 58.9 Å². The highest BCUT2D eigenvalue weighted by Gasteiger charge is 2.57. The van der Waals surface area contributed by atoms with Gasteiger partial charge < -0.3 is 4.74 Å². The normalized spacial score (nSPS) is 24.8. The molecule has 2 aliphatic carbocycles. The summed E-state index contributed by atoms with van der Waals surface area (Å²) in [4.78, 5) is 0. The molecule has 2 aromatic rings. The van der Waals surface area contributed by atoms with Gasteiger partial charge in [0.1, 0.15) is 11.6 Å². The quantitative estimate of drug-likeness (QED) is 0.511. The van der Waals surface area contributed by atoms with Gasteiger partial charge in [-0.25, -0.2) is 4.39 Å². The van der Waals surface area contributed by atoms with Crippen molar-refractivity contribution in [2.45, 2.75) is 53.9 Å². The summed E-state index contributed by atoms with van der Waals surface area (Å²) in [6.45, 7) is 11.7. The molecule has 0 amide bonds. The molecule has 0 aliphatic heterocycles. The maximum absolute atomic E-state index is 14.9. The predicted octanol–water partition coefficient (Wildman–Crippen LogP) is 7.54. The highest BCUT2D eigenvalue weighted by atomic mass is 19.1. The van der Waals surface area contributed by atoms with Crippen molar-refractivity contribution >= 4 is 5.57 Å². The van der Waals surface area contributed by atoms with Crippen LogP contribution < -0.4 is 4.74 Å². The van der Waals surface area contributed by atoms with Gasteiger partial charge in [-0.2, -0.15) is 0 Å². The second kappa shape index (κ2) is 7.00. The van der Waals surface area contributed by atoms with E-state index in [1.165, 1.54) is 35.6 Å². The van der Waals surface area contributed by atoms with Gasteiger partial charge in [0, 0.05) is 5.56 Å². The van der Waals surface area contributed by atoms with Gasteiger partial charge in [0.25, 0.3) is 0 Å². The third kappa shape index (κ3) is 3.12. The molecule has 2 heteroatoms. The van der Waals surface area contributed by atoms with Crippen LogP contribution >= 0.6 is 0 Å². The molecule has 1 nitrogen and oxygen atoms in total. The fraction of sp³-hybridized carbons (Fsp3) is 0.481. The standard InChI is InChI=1S/C27H33FO/c1-17(2)13-18-7-9-21(23-16-20(29-6)8-10-25(23)28)22(14-18)24-15-19-11-12-27(24,5)26(19,3)4/h7-10,14-17,19H,11-13H2,1-6H3. The lowest BCUT2D eigenvalue weighted by Gasteiger charge is -2.38. The number of hydrogen-bond donors (Lipinski definition) is 0. The third-order valence-corrected chi connectivity index (χ3v) is 7.75. The number of methoxy groups -OCH3 is 1. The molecule has 2 aromatic carbocycles. The molecule has 0 heterocycles. The topological polar surface area (TPSA) is 9.23 Å². The van der Waals surface area contributed by atoms with E-state index in [2.05, 4.69) is 58.9 Å². The fourth-order valence-electron chi connectivity index (χ4n) is 5.57. The highest BCUT2D eigenvalue weighted by molar-refractivity contribution is 5.86. The molecule has 2 atom stereocenters. The van der Waals surface area contributed by atoms with E-state index >= 15 is 0 Å². The summed E-state index contributed by atoms with van der Waals surface area (Å²) in [5.74, 6) is 1.67. The van der Waals surface area contributed by atoms with Gasteiger partial charge in [0.15, 0.2) is 0 Å². The molecule has 2 unspecified atom stereocenters. The van der Waals surface area contributed by atoms with Gasteiger partial charge in [-0.05, 0) is 82.4 Å². The number of benzene rings is 2. The molecule has 0 saturated heterocycles. The summed E-state index contributed by atoms with van der Waals surface area (Å²) in [7, 11) is 1.63. The van der Waals surface area contributed by atoms with Gasteiger partial charge >= 0.3 is 0 Å². The largest absolute Gasteiger partial charge is 0.497 e. The molecule has 4 rings (SSSR count). The molecule has 154 valence electrons. The molecule has 0 spiro atoms. The minimum Gasteiger partial charge on any atom is -0.497 e. The van der Waals surface area contributed by atoms with E-state index in [0.29, 0.717) is 23.1 Å². The van der Waals surface area contributed by atoms with Crippen molar-refractivity contribution in [2.75, 3.05) is 7.11 Å². The number of rotatable bonds is 5. The fourth-order valence-corrected chi connectivity index (χ4v) is 5.57. The van der Waals surface area contributed by atoms with Gasteiger partial charge in [-0.15, -0.1) is 0 Å². The number of allylic oxidation sites excluding steroid dienone is 2. The summed E-state index contributed by atoms with van der Waals surface area (Å²) in [6, 6.07) is 11.6. The van der Waals surface area contributed by atoms with Crippen molar-refractivity contribution in [1.82, 2.24) is 0 Å². The molecule has 0 radical (unpaired) electrons. The predicted molar refractivity (Wildman–Crippen MR) is 120 cm³/mol. The van der Waals surface area contributed by atoms with Gasteiger partial charge in [0.2, 0.25) is 0 Å². The Kier molecular flexibility index (Phi) is 4.88. The van der Waals surface area contributed by atoms with E-state index in [1.807, 2.05) is 6.07 Å². The minimum absolute atomic E-state index is 0.123. The Labute approximate surface area is 175 Å². The first-order chi connectivity index (χ1) is 13.7. The average Bonchev–Trinajstić information content (AvgIpc) is 3.01. The van der Waals surface area contributed by atoms with Crippen LogP contribution in [0.25, 0.3) is 16.7 Å². The van der Waals surface area contributed by atoms with Crippen LogP contribution in [0.4, 0.5) is 4.39 Å². The number of halogens is 1. The Balaban J connectivity index is 1.92. The molecule has 2 bridgehead atoms. The number of hydrogen-bond acceptors (Lipinski definition) is 1. The van der Waals surface area contributed by atoms with E-state index in [9.17, 15) is 4.39 Å². The second-order valence-electron chi connectivity index (χ2n) is 10.1. The Morgan fingerprint density at radius 3 is 2.38 bits per heavy atom. The van der Waals surface area contributed by atoms with Crippen LogP contribution in [-0.2, 0) is 6.42 Å². The summed E-state index contributed by atoms with van der Waals surface area (Å²) in [5, 5.41) is 0. The number of ether oxygens (including phenoxy) is 1. The molecule has 0 N–H and O–H groups in total. The van der Waals surface area contributed by atoms with Gasteiger partial charge in [0.05, 0.1) is 7.11 Å². The van der Waals surface area contributed by atoms with Crippen LogP contribution in [0, 0.1) is 28.5 Å². The summed E-state index contributed by atoms with van der Waals surface area (Å²) in [6.07, 6.45) is 5.97. The summed E-state index contributed by atoms with van der Waals surface area (Å²) < 4.78 is 20.3. The molecular weight excluding hydrogens is 359 g/mol. The van der Waals surface area contributed by atoms with Crippen LogP contribution in [0.3, 0.4) is 0 Å². The lowest BCUT2D eigenvalue weighted by Crippen LogP contribution is -2.29.